The summed E-state index contributed by atoms with van der Waals surface area (Å²) >= 11 is 12.1. The fraction of sp³-hybridized carbons (Fsp3) is 0.158. The van der Waals surface area contributed by atoms with Gasteiger partial charge in [0.05, 0.1) is 17.3 Å². The molecule has 0 unspecified atom stereocenters. The Labute approximate surface area is 161 Å². The van der Waals surface area contributed by atoms with Crippen LogP contribution < -0.4 is 10.1 Å². The first-order chi connectivity index (χ1) is 12.5. The highest BCUT2D eigenvalue weighted by atomic mass is 35.5. The van der Waals surface area contributed by atoms with Gasteiger partial charge in [0.1, 0.15) is 17.4 Å². The summed E-state index contributed by atoms with van der Waals surface area (Å²) in [5, 5.41) is 7.89. The lowest BCUT2D eigenvalue weighted by Gasteiger charge is -2.10. The number of carbonyl (C=O) groups is 1. The van der Waals surface area contributed by atoms with Crippen molar-refractivity contribution < 1.29 is 9.53 Å². The summed E-state index contributed by atoms with van der Waals surface area (Å²) in [6.45, 7) is 0.653. The van der Waals surface area contributed by atoms with E-state index in [2.05, 4.69) is 10.4 Å². The quantitative estimate of drug-likeness (QED) is 0.685. The molecule has 3 aromatic rings. The van der Waals surface area contributed by atoms with Gasteiger partial charge in [-0.05, 0) is 35.9 Å². The molecular formula is C19H17Cl2N3O2. The van der Waals surface area contributed by atoms with Crippen LogP contribution in [0.4, 0.5) is 0 Å². The van der Waals surface area contributed by atoms with E-state index in [9.17, 15) is 4.79 Å². The van der Waals surface area contributed by atoms with E-state index in [1.54, 1.807) is 35.0 Å². The zero-order chi connectivity index (χ0) is 18.5. The smallest absolute Gasteiger partial charge is 0.251 e. The summed E-state index contributed by atoms with van der Waals surface area (Å²) in [6.07, 6.45) is 1.83. The van der Waals surface area contributed by atoms with Crippen molar-refractivity contribution >= 4 is 29.1 Å². The molecular weight excluding hydrogens is 373 g/mol. The maximum absolute atomic E-state index is 12.3. The third kappa shape index (κ3) is 4.56. The number of benzene rings is 2. The van der Waals surface area contributed by atoms with Gasteiger partial charge in [0.2, 0.25) is 0 Å². The van der Waals surface area contributed by atoms with Crippen LogP contribution in [-0.2, 0) is 20.2 Å². The van der Waals surface area contributed by atoms with Gasteiger partial charge in [-0.3, -0.25) is 9.48 Å². The minimum atomic E-state index is -0.168. The van der Waals surface area contributed by atoms with Gasteiger partial charge >= 0.3 is 0 Å². The Balaban J connectivity index is 1.62. The first-order valence-electron chi connectivity index (χ1n) is 7.95. The number of ether oxygens (including phenoxy) is 1. The van der Waals surface area contributed by atoms with Crippen LogP contribution in [-0.4, -0.2) is 15.7 Å². The first kappa shape index (κ1) is 18.3. The topological polar surface area (TPSA) is 56.2 Å². The Kier molecular flexibility index (Phi) is 5.81. The van der Waals surface area contributed by atoms with E-state index in [1.807, 2.05) is 31.4 Å². The van der Waals surface area contributed by atoms with E-state index in [4.69, 9.17) is 27.9 Å². The van der Waals surface area contributed by atoms with Gasteiger partial charge in [-0.1, -0.05) is 41.4 Å². The van der Waals surface area contributed by atoms with E-state index in [-0.39, 0.29) is 12.5 Å². The van der Waals surface area contributed by atoms with E-state index < -0.39 is 0 Å². The molecule has 1 N–H and O–H groups in total. The minimum absolute atomic E-state index is 0.168. The molecule has 1 aromatic heterocycles. The second-order valence-corrected chi connectivity index (χ2v) is 6.49. The molecule has 2 aromatic carbocycles. The highest BCUT2D eigenvalue weighted by molar-refractivity contribution is 6.42. The van der Waals surface area contributed by atoms with Crippen molar-refractivity contribution in [1.29, 1.82) is 0 Å². The molecule has 26 heavy (non-hydrogen) atoms. The van der Waals surface area contributed by atoms with Crippen LogP contribution in [0, 0.1) is 0 Å². The normalized spacial score (nSPS) is 10.6. The first-order valence-corrected chi connectivity index (χ1v) is 8.71. The van der Waals surface area contributed by atoms with Crippen molar-refractivity contribution in [3.05, 3.63) is 81.6 Å². The summed E-state index contributed by atoms with van der Waals surface area (Å²) in [7, 11) is 1.83. The molecule has 0 aliphatic carbocycles. The van der Waals surface area contributed by atoms with Crippen LogP contribution in [0.5, 0.6) is 5.75 Å². The molecule has 0 saturated carbocycles. The molecule has 0 bridgehead atoms. The molecule has 3 rings (SSSR count). The van der Waals surface area contributed by atoms with Gasteiger partial charge in [-0.25, -0.2) is 0 Å². The second-order valence-electron chi connectivity index (χ2n) is 5.70. The number of aromatic nitrogens is 2. The molecule has 134 valence electrons. The van der Waals surface area contributed by atoms with E-state index in [1.165, 1.54) is 0 Å². The predicted molar refractivity (Wildman–Crippen MR) is 102 cm³/mol. The lowest BCUT2D eigenvalue weighted by molar-refractivity contribution is 0.0950. The van der Waals surface area contributed by atoms with E-state index in [0.717, 1.165) is 11.3 Å². The molecule has 5 nitrogen and oxygen atoms in total. The largest absolute Gasteiger partial charge is 0.487 e. The molecule has 1 heterocycles. The number of carbonyl (C=O) groups excluding carboxylic acids is 1. The minimum Gasteiger partial charge on any atom is -0.487 e. The van der Waals surface area contributed by atoms with Crippen molar-refractivity contribution in [2.75, 3.05) is 0 Å². The number of hydrogen-bond acceptors (Lipinski definition) is 3. The molecule has 7 heteroatoms. The van der Waals surface area contributed by atoms with Gasteiger partial charge in [0.15, 0.2) is 0 Å². The maximum atomic E-state index is 12.3. The van der Waals surface area contributed by atoms with Crippen LogP contribution in [0.15, 0.2) is 54.7 Å². The average Bonchev–Trinajstić information content (AvgIpc) is 3.06. The number of amides is 1. The van der Waals surface area contributed by atoms with Crippen molar-refractivity contribution in [3.63, 3.8) is 0 Å². The average molecular weight is 390 g/mol. The number of nitrogens with one attached hydrogen (secondary N) is 1. The van der Waals surface area contributed by atoms with Crippen molar-refractivity contribution in [1.82, 2.24) is 15.1 Å². The van der Waals surface area contributed by atoms with Crippen LogP contribution in [0.1, 0.15) is 21.6 Å². The zero-order valence-electron chi connectivity index (χ0n) is 14.1. The Hall–Kier alpha value is -2.50. The highest BCUT2D eigenvalue weighted by Crippen LogP contribution is 2.31. The molecule has 0 aliphatic heterocycles. The molecule has 1 amide bonds. The zero-order valence-corrected chi connectivity index (χ0v) is 15.6. The fourth-order valence-corrected chi connectivity index (χ4v) is 2.74. The standard InChI is InChI=1S/C19H17Cl2N3O2/c1-24-9-8-15(23-24)11-22-19(25)14-5-2-4-13(10-14)12-26-17-7-3-6-16(20)18(17)21/h2-10H,11-12H2,1H3,(H,22,25). The van der Waals surface area contributed by atoms with E-state index in [0.29, 0.717) is 27.9 Å². The summed E-state index contributed by atoms with van der Waals surface area (Å²) in [6, 6.07) is 14.3. The number of nitrogens with zero attached hydrogens (tertiary/aromatic N) is 2. The molecule has 0 aliphatic rings. The van der Waals surface area contributed by atoms with Crippen LogP contribution >= 0.6 is 23.2 Å². The number of hydrogen-bond donors (Lipinski definition) is 1. The third-order valence-electron chi connectivity index (χ3n) is 3.70. The summed E-state index contributed by atoms with van der Waals surface area (Å²) in [5.41, 5.74) is 2.21. The maximum Gasteiger partial charge on any atom is 0.251 e. The Morgan fingerprint density at radius 2 is 2.00 bits per heavy atom. The molecule has 0 fully saturated rings. The van der Waals surface area contributed by atoms with Gasteiger partial charge in [0.25, 0.3) is 5.91 Å². The van der Waals surface area contributed by atoms with Crippen molar-refractivity contribution in [2.45, 2.75) is 13.2 Å². The van der Waals surface area contributed by atoms with Gasteiger partial charge in [-0.2, -0.15) is 5.10 Å². The van der Waals surface area contributed by atoms with E-state index >= 15 is 0 Å². The predicted octanol–water partition coefficient (Wildman–Crippen LogP) is 4.24. The number of rotatable bonds is 6. The Bertz CT molecular complexity index is 925. The van der Waals surface area contributed by atoms with Gasteiger partial charge in [-0.15, -0.1) is 0 Å². The van der Waals surface area contributed by atoms with Crippen LogP contribution in [0.2, 0.25) is 10.0 Å². The second kappa shape index (κ2) is 8.25. The number of halogens is 2. The van der Waals surface area contributed by atoms with Crippen LogP contribution in [0.3, 0.4) is 0 Å². The lowest BCUT2D eigenvalue weighted by atomic mass is 10.1. The van der Waals surface area contributed by atoms with Gasteiger partial charge < -0.3 is 10.1 Å². The molecule has 0 radical (unpaired) electrons. The molecule has 0 saturated heterocycles. The summed E-state index contributed by atoms with van der Waals surface area (Å²) < 4.78 is 7.40. The monoisotopic (exact) mass is 389 g/mol. The lowest BCUT2D eigenvalue weighted by Crippen LogP contribution is -2.23. The fourth-order valence-electron chi connectivity index (χ4n) is 2.39. The summed E-state index contributed by atoms with van der Waals surface area (Å²) in [5.74, 6) is 0.336. The molecule has 0 spiro atoms. The molecule has 0 atom stereocenters. The Morgan fingerprint density at radius 3 is 2.77 bits per heavy atom. The van der Waals surface area contributed by atoms with Crippen LogP contribution in [0.25, 0.3) is 0 Å². The van der Waals surface area contributed by atoms with Crippen molar-refractivity contribution in [2.24, 2.45) is 7.05 Å². The highest BCUT2D eigenvalue weighted by Gasteiger charge is 2.09. The number of aryl methyl sites for hydroxylation is 1. The SMILES string of the molecule is Cn1ccc(CNC(=O)c2cccc(COc3cccc(Cl)c3Cl)c2)n1. The van der Waals surface area contributed by atoms with Gasteiger partial charge in [0, 0.05) is 18.8 Å². The Morgan fingerprint density at radius 1 is 1.19 bits per heavy atom. The van der Waals surface area contributed by atoms with Crippen molar-refractivity contribution in [3.8, 4) is 5.75 Å². The summed E-state index contributed by atoms with van der Waals surface area (Å²) in [4.78, 5) is 12.3. The third-order valence-corrected chi connectivity index (χ3v) is 4.50.